The third-order valence-electron chi connectivity index (χ3n) is 2.41. The molecule has 0 fully saturated rings. The maximum Gasteiger partial charge on any atom is 0.127 e. The average Bonchev–Trinajstić information content (AvgIpc) is 2.62. The van der Waals surface area contributed by atoms with Gasteiger partial charge in [-0.05, 0) is 25.1 Å². The molecule has 1 heterocycles. The fourth-order valence-electron chi connectivity index (χ4n) is 1.63. The zero-order chi connectivity index (χ0) is 12.4. The molecule has 0 aliphatic carbocycles. The van der Waals surface area contributed by atoms with E-state index in [1.807, 2.05) is 24.3 Å². The summed E-state index contributed by atoms with van der Waals surface area (Å²) in [7, 11) is 1.89. The Labute approximate surface area is 104 Å². The van der Waals surface area contributed by atoms with Crippen LogP contribution in [0.4, 0.5) is 15.8 Å². The van der Waals surface area contributed by atoms with Crippen molar-refractivity contribution in [3.8, 4) is 0 Å². The zero-order valence-electron chi connectivity index (χ0n) is 9.77. The minimum Gasteiger partial charge on any atom is -0.399 e. The van der Waals surface area contributed by atoms with E-state index in [4.69, 9.17) is 5.73 Å². The van der Waals surface area contributed by atoms with E-state index >= 15 is 0 Å². The predicted molar refractivity (Wildman–Crippen MR) is 69.8 cm³/mol. The van der Waals surface area contributed by atoms with Gasteiger partial charge in [-0.1, -0.05) is 0 Å². The van der Waals surface area contributed by atoms with Crippen molar-refractivity contribution in [3.63, 3.8) is 0 Å². The number of hydrogen-bond acceptors (Lipinski definition) is 4. The van der Waals surface area contributed by atoms with Crippen molar-refractivity contribution >= 4 is 22.7 Å². The molecule has 3 nitrogen and oxygen atoms in total. The van der Waals surface area contributed by atoms with Crippen molar-refractivity contribution in [1.29, 1.82) is 0 Å². The molecular formula is C12H14FN3S. The molecule has 5 heteroatoms. The Morgan fingerprint density at radius 3 is 2.76 bits per heavy atom. The number of nitrogen functional groups attached to an aromatic ring is 1. The van der Waals surface area contributed by atoms with Crippen LogP contribution in [0.25, 0.3) is 0 Å². The minimum atomic E-state index is -0.318. The molecule has 1 aromatic carbocycles. The van der Waals surface area contributed by atoms with E-state index in [9.17, 15) is 4.39 Å². The molecule has 17 heavy (non-hydrogen) atoms. The number of rotatable bonds is 3. The van der Waals surface area contributed by atoms with Crippen LogP contribution in [0, 0.1) is 12.7 Å². The minimum absolute atomic E-state index is 0.318. The van der Waals surface area contributed by atoms with E-state index in [0.29, 0.717) is 12.2 Å². The number of hydrogen-bond donors (Lipinski definition) is 1. The van der Waals surface area contributed by atoms with Gasteiger partial charge >= 0.3 is 0 Å². The molecule has 0 unspecified atom stereocenters. The van der Waals surface area contributed by atoms with Gasteiger partial charge in [0, 0.05) is 23.8 Å². The SMILES string of the molecule is Cc1nc(CN(C)c2cc(N)cc(F)c2)cs1. The van der Waals surface area contributed by atoms with Crippen LogP contribution in [0.3, 0.4) is 0 Å². The average molecular weight is 251 g/mol. The molecule has 0 atom stereocenters. The third kappa shape index (κ3) is 2.94. The molecule has 2 N–H and O–H groups in total. The van der Waals surface area contributed by atoms with Gasteiger partial charge in [-0.15, -0.1) is 11.3 Å². The van der Waals surface area contributed by atoms with Crippen LogP contribution < -0.4 is 10.6 Å². The topological polar surface area (TPSA) is 42.2 Å². The van der Waals surface area contributed by atoms with E-state index in [2.05, 4.69) is 4.98 Å². The lowest BCUT2D eigenvalue weighted by Gasteiger charge is -2.18. The Morgan fingerprint density at radius 1 is 1.41 bits per heavy atom. The van der Waals surface area contributed by atoms with Gasteiger partial charge in [0.15, 0.2) is 0 Å². The van der Waals surface area contributed by atoms with E-state index in [-0.39, 0.29) is 5.82 Å². The lowest BCUT2D eigenvalue weighted by Crippen LogP contribution is -2.17. The second-order valence-corrected chi connectivity index (χ2v) is 5.02. The van der Waals surface area contributed by atoms with Crippen molar-refractivity contribution in [2.24, 2.45) is 0 Å². The second kappa shape index (κ2) is 4.71. The monoisotopic (exact) mass is 251 g/mol. The summed E-state index contributed by atoms with van der Waals surface area (Å²) in [6.07, 6.45) is 0. The summed E-state index contributed by atoms with van der Waals surface area (Å²) < 4.78 is 13.2. The molecule has 0 aliphatic rings. The van der Waals surface area contributed by atoms with Gasteiger partial charge in [-0.25, -0.2) is 9.37 Å². The largest absolute Gasteiger partial charge is 0.399 e. The highest BCUT2D eigenvalue weighted by Crippen LogP contribution is 2.21. The summed E-state index contributed by atoms with van der Waals surface area (Å²) in [5, 5.41) is 3.04. The highest BCUT2D eigenvalue weighted by Gasteiger charge is 2.07. The summed E-state index contributed by atoms with van der Waals surface area (Å²) in [5.41, 5.74) is 7.79. The maximum atomic E-state index is 13.2. The smallest absolute Gasteiger partial charge is 0.127 e. The summed E-state index contributed by atoms with van der Waals surface area (Å²) in [6.45, 7) is 2.61. The Kier molecular flexibility index (Phi) is 3.28. The van der Waals surface area contributed by atoms with Gasteiger partial charge in [0.1, 0.15) is 5.82 Å². The normalized spacial score (nSPS) is 10.5. The van der Waals surface area contributed by atoms with E-state index in [0.717, 1.165) is 16.4 Å². The highest BCUT2D eigenvalue weighted by atomic mass is 32.1. The standard InChI is InChI=1S/C12H14FN3S/c1-8-15-11(7-17-8)6-16(2)12-4-9(13)3-10(14)5-12/h3-5,7H,6,14H2,1-2H3. The number of nitrogens with zero attached hydrogens (tertiary/aromatic N) is 2. The van der Waals surface area contributed by atoms with E-state index in [1.165, 1.54) is 12.1 Å². The van der Waals surface area contributed by atoms with E-state index < -0.39 is 0 Å². The first-order chi connectivity index (χ1) is 8.04. The lowest BCUT2D eigenvalue weighted by atomic mass is 10.2. The molecule has 0 amide bonds. The van der Waals surface area contributed by atoms with Crippen LogP contribution in [0.2, 0.25) is 0 Å². The Bertz CT molecular complexity index is 504. The lowest BCUT2D eigenvalue weighted by molar-refractivity contribution is 0.627. The first-order valence-corrected chi connectivity index (χ1v) is 6.11. The molecule has 2 rings (SSSR count). The Morgan fingerprint density at radius 2 is 2.18 bits per heavy atom. The van der Waals surface area contributed by atoms with E-state index in [1.54, 1.807) is 17.4 Å². The second-order valence-electron chi connectivity index (χ2n) is 3.96. The fourth-order valence-corrected chi connectivity index (χ4v) is 2.24. The number of halogens is 1. The van der Waals surface area contributed by atoms with Crippen LogP contribution in [0.1, 0.15) is 10.7 Å². The van der Waals surface area contributed by atoms with Gasteiger partial charge in [0.25, 0.3) is 0 Å². The maximum absolute atomic E-state index is 13.2. The molecule has 90 valence electrons. The van der Waals surface area contributed by atoms with Gasteiger partial charge in [-0.3, -0.25) is 0 Å². The van der Waals surface area contributed by atoms with Crippen LogP contribution in [0.5, 0.6) is 0 Å². The van der Waals surface area contributed by atoms with Crippen LogP contribution >= 0.6 is 11.3 Å². The fraction of sp³-hybridized carbons (Fsp3) is 0.250. The van der Waals surface area contributed by atoms with Crippen molar-refractivity contribution < 1.29 is 4.39 Å². The summed E-state index contributed by atoms with van der Waals surface area (Å²) in [6, 6.07) is 4.53. The molecule has 0 saturated heterocycles. The Balaban J connectivity index is 2.16. The number of benzene rings is 1. The zero-order valence-corrected chi connectivity index (χ0v) is 10.6. The predicted octanol–water partition coefficient (Wildman–Crippen LogP) is 2.81. The number of aryl methyl sites for hydroxylation is 1. The number of thiazole rings is 1. The highest BCUT2D eigenvalue weighted by molar-refractivity contribution is 7.09. The third-order valence-corrected chi connectivity index (χ3v) is 3.23. The van der Waals surface area contributed by atoms with Crippen LogP contribution in [0.15, 0.2) is 23.6 Å². The van der Waals surface area contributed by atoms with Gasteiger partial charge in [0.2, 0.25) is 0 Å². The summed E-state index contributed by atoms with van der Waals surface area (Å²) in [5.74, 6) is -0.318. The first kappa shape index (κ1) is 11.9. The Hall–Kier alpha value is -1.62. The van der Waals surface area contributed by atoms with Gasteiger partial charge < -0.3 is 10.6 Å². The first-order valence-electron chi connectivity index (χ1n) is 5.23. The van der Waals surface area contributed by atoms with Crippen molar-refractivity contribution in [2.75, 3.05) is 17.7 Å². The molecular weight excluding hydrogens is 237 g/mol. The molecule has 0 bridgehead atoms. The number of nitrogens with two attached hydrogens (primary N) is 1. The van der Waals surface area contributed by atoms with Crippen molar-refractivity contribution in [1.82, 2.24) is 4.98 Å². The van der Waals surface area contributed by atoms with Gasteiger partial charge in [-0.2, -0.15) is 0 Å². The van der Waals surface area contributed by atoms with Crippen molar-refractivity contribution in [2.45, 2.75) is 13.5 Å². The molecule has 2 aromatic rings. The number of anilines is 2. The number of aromatic nitrogens is 1. The van der Waals surface area contributed by atoms with Crippen LogP contribution in [-0.4, -0.2) is 12.0 Å². The summed E-state index contributed by atoms with van der Waals surface area (Å²) in [4.78, 5) is 6.30. The molecule has 0 aliphatic heterocycles. The quantitative estimate of drug-likeness (QED) is 0.853. The molecule has 1 aromatic heterocycles. The van der Waals surface area contributed by atoms with Crippen LogP contribution in [-0.2, 0) is 6.54 Å². The van der Waals surface area contributed by atoms with Gasteiger partial charge in [0.05, 0.1) is 17.2 Å². The van der Waals surface area contributed by atoms with Crippen molar-refractivity contribution in [3.05, 3.63) is 40.1 Å². The summed E-state index contributed by atoms with van der Waals surface area (Å²) >= 11 is 1.61. The molecule has 0 spiro atoms. The molecule has 0 saturated carbocycles. The molecule has 0 radical (unpaired) electrons.